The van der Waals surface area contributed by atoms with Crippen molar-refractivity contribution >= 4 is 5.82 Å². The lowest BCUT2D eigenvalue weighted by atomic mass is 10.1. The first-order valence-corrected chi connectivity index (χ1v) is 10.8. The Balaban J connectivity index is 1.59. The van der Waals surface area contributed by atoms with E-state index in [1.54, 1.807) is 6.33 Å². The molecule has 28 heavy (non-hydrogen) atoms. The van der Waals surface area contributed by atoms with Gasteiger partial charge in [-0.1, -0.05) is 13.8 Å². The topological polar surface area (TPSA) is 50.8 Å². The fraction of sp³-hybridized carbons (Fsp3) is 0.714. The van der Waals surface area contributed by atoms with E-state index in [1.807, 2.05) is 0 Å². The molecule has 7 heteroatoms. The third kappa shape index (κ3) is 4.94. The molecular formula is C21H37N7. The van der Waals surface area contributed by atoms with Gasteiger partial charge in [0, 0.05) is 70.5 Å². The summed E-state index contributed by atoms with van der Waals surface area (Å²) >= 11 is 0. The van der Waals surface area contributed by atoms with E-state index in [0.29, 0.717) is 6.17 Å². The highest BCUT2D eigenvalue weighted by molar-refractivity contribution is 5.49. The molecule has 1 saturated heterocycles. The van der Waals surface area contributed by atoms with Gasteiger partial charge in [0.15, 0.2) is 0 Å². The summed E-state index contributed by atoms with van der Waals surface area (Å²) < 4.78 is 0. The number of hydrogen-bond acceptors (Lipinski definition) is 7. The van der Waals surface area contributed by atoms with Crippen molar-refractivity contribution in [3.8, 4) is 0 Å². The predicted octanol–water partition coefficient (Wildman–Crippen LogP) is 1.38. The molecule has 0 atom stereocenters. The van der Waals surface area contributed by atoms with E-state index in [1.165, 1.54) is 24.2 Å². The number of rotatable bonds is 9. The van der Waals surface area contributed by atoms with Crippen molar-refractivity contribution in [3.05, 3.63) is 30.0 Å². The molecule has 1 N–H and O–H groups in total. The second-order valence-corrected chi connectivity index (χ2v) is 7.87. The molecule has 1 aromatic rings. The summed E-state index contributed by atoms with van der Waals surface area (Å²) in [6.45, 7) is 11.9. The second kappa shape index (κ2) is 10.1. The highest BCUT2D eigenvalue weighted by atomic mass is 15.4. The number of nitrogens with zero attached hydrogens (tertiary/aromatic N) is 6. The number of nitrogens with one attached hydrogen (secondary N) is 1. The lowest BCUT2D eigenvalue weighted by Crippen LogP contribution is -2.47. The fourth-order valence-electron chi connectivity index (χ4n) is 4.20. The number of piperazine rings is 1. The van der Waals surface area contributed by atoms with Crippen LogP contribution in [0.2, 0.25) is 0 Å². The van der Waals surface area contributed by atoms with Gasteiger partial charge >= 0.3 is 0 Å². The first-order chi connectivity index (χ1) is 13.6. The van der Waals surface area contributed by atoms with Crippen molar-refractivity contribution in [2.75, 3.05) is 64.8 Å². The smallest absolute Gasteiger partial charge is 0.135 e. The Morgan fingerprint density at radius 1 is 1.04 bits per heavy atom. The molecule has 0 aliphatic carbocycles. The molecule has 0 spiro atoms. The summed E-state index contributed by atoms with van der Waals surface area (Å²) in [5.41, 5.74) is 2.52. The SMILES string of the molecule is CCCN1CCN(c2ncnc(CC)c2CCNCC2N(C)C=CN2C)CC1. The Bertz CT molecular complexity index is 628. The van der Waals surface area contributed by atoms with Gasteiger partial charge < -0.3 is 20.0 Å². The zero-order valence-corrected chi connectivity index (χ0v) is 18.1. The van der Waals surface area contributed by atoms with Crippen molar-refractivity contribution in [3.63, 3.8) is 0 Å². The van der Waals surface area contributed by atoms with Crippen LogP contribution in [0.25, 0.3) is 0 Å². The minimum Gasteiger partial charge on any atom is -0.358 e. The normalized spacial score (nSPS) is 18.5. The summed E-state index contributed by atoms with van der Waals surface area (Å²) in [7, 11) is 4.26. The van der Waals surface area contributed by atoms with Crippen LogP contribution in [-0.2, 0) is 12.8 Å². The van der Waals surface area contributed by atoms with E-state index < -0.39 is 0 Å². The number of hydrogen-bond donors (Lipinski definition) is 1. The molecule has 0 saturated carbocycles. The first kappa shape index (κ1) is 20.9. The van der Waals surface area contributed by atoms with Crippen molar-refractivity contribution in [1.29, 1.82) is 0 Å². The summed E-state index contributed by atoms with van der Waals surface area (Å²) in [5.74, 6) is 1.15. The average molecular weight is 388 g/mol. The first-order valence-electron chi connectivity index (χ1n) is 10.8. The maximum atomic E-state index is 4.70. The van der Waals surface area contributed by atoms with Crippen LogP contribution in [0.4, 0.5) is 5.82 Å². The van der Waals surface area contributed by atoms with Crippen molar-refractivity contribution in [1.82, 2.24) is 30.0 Å². The van der Waals surface area contributed by atoms with Gasteiger partial charge in [-0.25, -0.2) is 9.97 Å². The minimum atomic E-state index is 0.392. The van der Waals surface area contributed by atoms with E-state index in [0.717, 1.165) is 57.9 Å². The van der Waals surface area contributed by atoms with Crippen LogP contribution in [0.15, 0.2) is 18.7 Å². The quantitative estimate of drug-likeness (QED) is 0.643. The highest BCUT2D eigenvalue weighted by Gasteiger charge is 2.22. The fourth-order valence-corrected chi connectivity index (χ4v) is 4.20. The number of aromatic nitrogens is 2. The van der Waals surface area contributed by atoms with Crippen LogP contribution >= 0.6 is 0 Å². The van der Waals surface area contributed by atoms with Gasteiger partial charge in [-0.05, 0) is 32.4 Å². The molecule has 0 amide bonds. The average Bonchev–Trinajstić information content (AvgIpc) is 3.04. The third-order valence-corrected chi connectivity index (χ3v) is 5.91. The van der Waals surface area contributed by atoms with Crippen LogP contribution in [0.1, 0.15) is 31.5 Å². The molecule has 2 aliphatic rings. The van der Waals surface area contributed by atoms with E-state index in [-0.39, 0.29) is 0 Å². The summed E-state index contributed by atoms with van der Waals surface area (Å²) in [5, 5.41) is 3.64. The van der Waals surface area contributed by atoms with E-state index in [9.17, 15) is 0 Å². The number of likely N-dealkylation sites (N-methyl/N-ethyl adjacent to an activating group) is 2. The minimum absolute atomic E-state index is 0.392. The molecular weight excluding hydrogens is 350 g/mol. The molecule has 0 bridgehead atoms. The Labute approximate surface area is 170 Å². The van der Waals surface area contributed by atoms with Gasteiger partial charge in [0.05, 0.1) is 0 Å². The molecule has 1 fully saturated rings. The Hall–Kier alpha value is -1.86. The molecule has 7 nitrogen and oxygen atoms in total. The molecule has 3 rings (SSSR count). The van der Waals surface area contributed by atoms with Gasteiger partial charge in [-0.15, -0.1) is 0 Å². The Morgan fingerprint density at radius 2 is 1.75 bits per heavy atom. The summed E-state index contributed by atoms with van der Waals surface area (Å²) in [6, 6.07) is 0. The lowest BCUT2D eigenvalue weighted by molar-refractivity contribution is 0.200. The highest BCUT2D eigenvalue weighted by Crippen LogP contribution is 2.22. The van der Waals surface area contributed by atoms with E-state index >= 15 is 0 Å². The largest absolute Gasteiger partial charge is 0.358 e. The van der Waals surface area contributed by atoms with Crippen LogP contribution in [0.3, 0.4) is 0 Å². The van der Waals surface area contributed by atoms with Gasteiger partial charge in [0.25, 0.3) is 0 Å². The lowest BCUT2D eigenvalue weighted by Gasteiger charge is -2.36. The zero-order chi connectivity index (χ0) is 19.9. The van der Waals surface area contributed by atoms with Crippen LogP contribution in [0.5, 0.6) is 0 Å². The maximum absolute atomic E-state index is 4.70. The van der Waals surface area contributed by atoms with Gasteiger partial charge in [-0.3, -0.25) is 4.90 Å². The van der Waals surface area contributed by atoms with Crippen molar-refractivity contribution < 1.29 is 0 Å². The van der Waals surface area contributed by atoms with Crippen molar-refractivity contribution in [2.45, 2.75) is 39.3 Å². The molecule has 3 heterocycles. The van der Waals surface area contributed by atoms with Crippen LogP contribution < -0.4 is 10.2 Å². The molecule has 0 radical (unpaired) electrons. The summed E-state index contributed by atoms with van der Waals surface area (Å²) in [4.78, 5) is 18.8. The summed E-state index contributed by atoms with van der Waals surface area (Å²) in [6.07, 6.45) is 9.55. The Morgan fingerprint density at radius 3 is 2.39 bits per heavy atom. The van der Waals surface area contributed by atoms with Crippen molar-refractivity contribution in [2.24, 2.45) is 0 Å². The van der Waals surface area contributed by atoms with E-state index in [4.69, 9.17) is 4.98 Å². The maximum Gasteiger partial charge on any atom is 0.135 e. The molecule has 2 aliphatic heterocycles. The molecule has 156 valence electrons. The molecule has 0 aromatic carbocycles. The van der Waals surface area contributed by atoms with Gasteiger partial charge in [-0.2, -0.15) is 0 Å². The van der Waals surface area contributed by atoms with Gasteiger partial charge in [0.1, 0.15) is 18.3 Å². The number of anilines is 1. The van der Waals surface area contributed by atoms with Crippen LogP contribution in [0, 0.1) is 0 Å². The zero-order valence-electron chi connectivity index (χ0n) is 18.1. The predicted molar refractivity (Wildman–Crippen MR) is 115 cm³/mol. The molecule has 0 unspecified atom stereocenters. The van der Waals surface area contributed by atoms with E-state index in [2.05, 4.69) is 70.2 Å². The van der Waals surface area contributed by atoms with Crippen LogP contribution in [-0.4, -0.2) is 90.7 Å². The van der Waals surface area contributed by atoms with Gasteiger partial charge in [0.2, 0.25) is 0 Å². The monoisotopic (exact) mass is 387 g/mol. The molecule has 1 aromatic heterocycles. The standard InChI is InChI=1S/C21H37N7/c1-5-9-27-12-14-28(15-13-27)21-18(19(6-2)23-17-24-21)7-8-22-16-20-25(3)10-11-26(20)4/h10-11,17,20,22H,5-9,12-16H2,1-4H3. The second-order valence-electron chi connectivity index (χ2n) is 7.87. The number of aryl methyl sites for hydroxylation is 1. The third-order valence-electron chi connectivity index (χ3n) is 5.91. The Kier molecular flexibility index (Phi) is 7.50.